The van der Waals surface area contributed by atoms with Gasteiger partial charge >= 0.3 is 0 Å². The van der Waals surface area contributed by atoms with Crippen molar-refractivity contribution in [1.29, 1.82) is 0 Å². The van der Waals surface area contributed by atoms with E-state index in [1.54, 1.807) is 27.7 Å². The van der Waals surface area contributed by atoms with Gasteiger partial charge in [-0.3, -0.25) is 14.2 Å². The summed E-state index contributed by atoms with van der Waals surface area (Å²) in [5.41, 5.74) is 3.46. The van der Waals surface area contributed by atoms with Crippen LogP contribution in [0, 0.1) is 19.8 Å². The summed E-state index contributed by atoms with van der Waals surface area (Å²) in [6.45, 7) is 10.7. The maximum Gasteiger partial charge on any atom is 0.290 e. The number of carbonyl (C=O) groups is 1. The van der Waals surface area contributed by atoms with Gasteiger partial charge in [-0.15, -0.1) is 0 Å². The van der Waals surface area contributed by atoms with Crippen LogP contribution in [0.3, 0.4) is 0 Å². The molecular formula is C28H31N3O3. The molecule has 0 aliphatic rings. The van der Waals surface area contributed by atoms with E-state index in [1.165, 1.54) is 6.26 Å². The first-order chi connectivity index (χ1) is 16.3. The Morgan fingerprint density at radius 2 is 1.82 bits per heavy atom. The van der Waals surface area contributed by atoms with E-state index in [9.17, 15) is 9.59 Å². The lowest BCUT2D eigenvalue weighted by atomic mass is 10.1. The highest BCUT2D eigenvalue weighted by Crippen LogP contribution is 2.29. The molecule has 2 aromatic heterocycles. The first-order valence-electron chi connectivity index (χ1n) is 11.8. The topological polar surface area (TPSA) is 68.3 Å². The fourth-order valence-electron chi connectivity index (χ4n) is 4.32. The van der Waals surface area contributed by atoms with Crippen molar-refractivity contribution in [2.24, 2.45) is 5.92 Å². The van der Waals surface area contributed by atoms with Gasteiger partial charge in [0.2, 0.25) is 0 Å². The number of aromatic nitrogens is 2. The Bertz CT molecular complexity index is 1370. The van der Waals surface area contributed by atoms with Crippen molar-refractivity contribution in [2.45, 2.75) is 47.1 Å². The smallest absolute Gasteiger partial charge is 0.290 e. The van der Waals surface area contributed by atoms with E-state index in [1.807, 2.05) is 57.2 Å². The minimum Gasteiger partial charge on any atom is -0.459 e. The van der Waals surface area contributed by atoms with Gasteiger partial charge in [-0.2, -0.15) is 0 Å². The average molecular weight is 458 g/mol. The Morgan fingerprint density at radius 1 is 1.06 bits per heavy atom. The monoisotopic (exact) mass is 457 g/mol. The zero-order valence-corrected chi connectivity index (χ0v) is 20.4. The summed E-state index contributed by atoms with van der Waals surface area (Å²) < 4.78 is 7.12. The number of furan rings is 1. The third kappa shape index (κ3) is 4.40. The molecule has 1 atom stereocenters. The molecule has 0 aliphatic heterocycles. The van der Waals surface area contributed by atoms with Crippen LogP contribution < -0.4 is 5.56 Å². The predicted octanol–water partition coefficient (Wildman–Crippen LogP) is 5.85. The van der Waals surface area contributed by atoms with Gasteiger partial charge in [0.25, 0.3) is 11.5 Å². The number of carbonyl (C=O) groups excluding carboxylic acids is 1. The van der Waals surface area contributed by atoms with E-state index >= 15 is 0 Å². The van der Waals surface area contributed by atoms with E-state index in [-0.39, 0.29) is 23.1 Å². The standard InChI is InChI=1S/C28H31N3O3/c1-6-24(30(17-18(2)3)28(33)25-12-9-15-34-25)26-29-23-11-8-7-10-22(23)27(32)31(26)21-14-13-19(4)20(5)16-21/h7-16,18,24H,6,17H2,1-5H3. The highest BCUT2D eigenvalue weighted by Gasteiger charge is 2.31. The lowest BCUT2D eigenvalue weighted by Crippen LogP contribution is -2.40. The highest BCUT2D eigenvalue weighted by molar-refractivity contribution is 5.91. The van der Waals surface area contributed by atoms with Gasteiger partial charge < -0.3 is 9.32 Å². The summed E-state index contributed by atoms with van der Waals surface area (Å²) in [6, 6.07) is 16.3. The Morgan fingerprint density at radius 3 is 2.47 bits per heavy atom. The van der Waals surface area contributed by atoms with E-state index in [2.05, 4.69) is 13.8 Å². The molecule has 0 saturated carbocycles. The van der Waals surface area contributed by atoms with Crippen LogP contribution in [-0.4, -0.2) is 26.9 Å². The van der Waals surface area contributed by atoms with Crippen molar-refractivity contribution in [3.05, 3.63) is 93.9 Å². The molecule has 4 rings (SSSR count). The Hall–Kier alpha value is -3.67. The number of hydrogen-bond donors (Lipinski definition) is 0. The molecule has 0 N–H and O–H groups in total. The van der Waals surface area contributed by atoms with Crippen LogP contribution in [0.15, 0.2) is 70.1 Å². The molecule has 6 heteroatoms. The van der Waals surface area contributed by atoms with Crippen LogP contribution >= 0.6 is 0 Å². The van der Waals surface area contributed by atoms with E-state index in [0.29, 0.717) is 29.7 Å². The SMILES string of the molecule is CCC(c1nc2ccccc2c(=O)n1-c1ccc(C)c(C)c1)N(CC(C)C)C(=O)c1ccco1. The predicted molar refractivity (Wildman–Crippen MR) is 134 cm³/mol. The van der Waals surface area contributed by atoms with Crippen LogP contribution in [0.25, 0.3) is 16.6 Å². The first kappa shape index (κ1) is 23.5. The van der Waals surface area contributed by atoms with Crippen molar-refractivity contribution in [1.82, 2.24) is 14.5 Å². The molecule has 2 heterocycles. The lowest BCUT2D eigenvalue weighted by molar-refractivity contribution is 0.0598. The fourth-order valence-corrected chi connectivity index (χ4v) is 4.32. The van der Waals surface area contributed by atoms with Crippen molar-refractivity contribution >= 4 is 16.8 Å². The van der Waals surface area contributed by atoms with E-state index in [0.717, 1.165) is 16.8 Å². The summed E-state index contributed by atoms with van der Waals surface area (Å²) in [6.07, 6.45) is 2.09. The maximum absolute atomic E-state index is 13.8. The van der Waals surface area contributed by atoms with Gasteiger partial charge in [0.05, 0.1) is 28.9 Å². The van der Waals surface area contributed by atoms with Crippen molar-refractivity contribution in [3.8, 4) is 5.69 Å². The molecule has 0 radical (unpaired) electrons. The lowest BCUT2D eigenvalue weighted by Gasteiger charge is -2.33. The maximum atomic E-state index is 13.8. The quantitative estimate of drug-likeness (QED) is 0.349. The van der Waals surface area contributed by atoms with Gasteiger partial charge in [0.15, 0.2) is 5.76 Å². The first-order valence-corrected chi connectivity index (χ1v) is 11.8. The van der Waals surface area contributed by atoms with Gasteiger partial charge in [0, 0.05) is 6.54 Å². The fraction of sp³-hybridized carbons (Fsp3) is 0.321. The summed E-state index contributed by atoms with van der Waals surface area (Å²) in [5, 5.41) is 0.548. The van der Waals surface area contributed by atoms with Crippen molar-refractivity contribution in [2.75, 3.05) is 6.54 Å². The normalized spacial score (nSPS) is 12.3. The summed E-state index contributed by atoms with van der Waals surface area (Å²) in [5.74, 6) is 0.838. The average Bonchev–Trinajstić information content (AvgIpc) is 3.35. The molecular weight excluding hydrogens is 426 g/mol. The number of hydrogen-bond acceptors (Lipinski definition) is 4. The Balaban J connectivity index is 1.98. The number of para-hydroxylation sites is 1. The van der Waals surface area contributed by atoms with Crippen molar-refractivity contribution in [3.63, 3.8) is 0 Å². The summed E-state index contributed by atoms with van der Waals surface area (Å²) in [7, 11) is 0. The second kappa shape index (κ2) is 9.67. The molecule has 0 bridgehead atoms. The third-order valence-corrected chi connectivity index (χ3v) is 6.17. The number of rotatable bonds is 7. The Labute approximate surface area is 199 Å². The summed E-state index contributed by atoms with van der Waals surface area (Å²) in [4.78, 5) is 34.1. The number of fused-ring (bicyclic) bond motifs is 1. The van der Waals surface area contributed by atoms with Crippen LogP contribution in [0.2, 0.25) is 0 Å². The molecule has 6 nitrogen and oxygen atoms in total. The molecule has 0 saturated heterocycles. The zero-order valence-electron chi connectivity index (χ0n) is 20.4. The molecule has 1 amide bonds. The Kier molecular flexibility index (Phi) is 6.68. The van der Waals surface area contributed by atoms with Gasteiger partial charge in [0.1, 0.15) is 5.82 Å². The zero-order chi connectivity index (χ0) is 24.4. The molecule has 1 unspecified atom stereocenters. The van der Waals surface area contributed by atoms with Crippen LogP contribution in [0.4, 0.5) is 0 Å². The van der Waals surface area contributed by atoms with Crippen LogP contribution in [-0.2, 0) is 0 Å². The molecule has 4 aromatic rings. The molecule has 0 spiro atoms. The minimum atomic E-state index is -0.418. The molecule has 2 aromatic carbocycles. The molecule has 34 heavy (non-hydrogen) atoms. The van der Waals surface area contributed by atoms with Gasteiger partial charge in [-0.25, -0.2) is 4.98 Å². The molecule has 176 valence electrons. The second-order valence-electron chi connectivity index (χ2n) is 9.15. The van der Waals surface area contributed by atoms with E-state index in [4.69, 9.17) is 9.40 Å². The number of nitrogens with zero attached hydrogens (tertiary/aromatic N) is 3. The van der Waals surface area contributed by atoms with Crippen LogP contribution in [0.5, 0.6) is 0 Å². The molecule has 0 aliphatic carbocycles. The summed E-state index contributed by atoms with van der Waals surface area (Å²) >= 11 is 0. The second-order valence-corrected chi connectivity index (χ2v) is 9.15. The van der Waals surface area contributed by atoms with Crippen LogP contribution in [0.1, 0.15) is 60.7 Å². The number of aryl methyl sites for hydroxylation is 2. The van der Waals surface area contributed by atoms with Gasteiger partial charge in [-0.05, 0) is 73.7 Å². The highest BCUT2D eigenvalue weighted by atomic mass is 16.3. The third-order valence-electron chi connectivity index (χ3n) is 6.17. The molecule has 0 fully saturated rings. The van der Waals surface area contributed by atoms with E-state index < -0.39 is 6.04 Å². The number of benzene rings is 2. The van der Waals surface area contributed by atoms with Crippen molar-refractivity contribution < 1.29 is 9.21 Å². The number of amides is 1. The minimum absolute atomic E-state index is 0.141. The largest absolute Gasteiger partial charge is 0.459 e. The van der Waals surface area contributed by atoms with Gasteiger partial charge in [-0.1, -0.05) is 39.0 Å².